The van der Waals surface area contributed by atoms with Gasteiger partial charge in [0.05, 0.1) is 23.2 Å². The number of esters is 1. The third-order valence-corrected chi connectivity index (χ3v) is 3.21. The monoisotopic (exact) mass is 295 g/mol. The zero-order valence-electron chi connectivity index (χ0n) is 12.3. The maximum atomic E-state index is 11.7. The standard InChI is InChI=1S/C17H17N3O2/c1-2-11-22-16(21)12-7-9-13(10-8-12)18-17-19-14-5-3-4-6-15(14)20-17/h3-10H,2,11H2,1H3,(H2,18,19,20). The quantitative estimate of drug-likeness (QED) is 0.701. The molecular formula is C17H17N3O2. The Bertz CT molecular complexity index is 745. The summed E-state index contributed by atoms with van der Waals surface area (Å²) in [6.45, 7) is 2.41. The van der Waals surface area contributed by atoms with Crippen LogP contribution in [0.15, 0.2) is 48.5 Å². The number of rotatable bonds is 5. The normalized spacial score (nSPS) is 10.6. The van der Waals surface area contributed by atoms with Crippen LogP contribution < -0.4 is 5.32 Å². The highest BCUT2D eigenvalue weighted by atomic mass is 16.5. The number of imidazole rings is 1. The molecule has 0 aliphatic rings. The summed E-state index contributed by atoms with van der Waals surface area (Å²) in [5.74, 6) is 0.375. The Balaban J connectivity index is 1.71. The fourth-order valence-corrected chi connectivity index (χ4v) is 2.12. The van der Waals surface area contributed by atoms with E-state index >= 15 is 0 Å². The van der Waals surface area contributed by atoms with Gasteiger partial charge >= 0.3 is 5.97 Å². The molecule has 0 aliphatic heterocycles. The van der Waals surface area contributed by atoms with Gasteiger partial charge in [0.25, 0.3) is 0 Å². The summed E-state index contributed by atoms with van der Waals surface area (Å²) in [4.78, 5) is 19.4. The fourth-order valence-electron chi connectivity index (χ4n) is 2.12. The number of nitrogens with zero attached hydrogens (tertiary/aromatic N) is 1. The topological polar surface area (TPSA) is 67.0 Å². The van der Waals surface area contributed by atoms with Crippen LogP contribution in [0.2, 0.25) is 0 Å². The van der Waals surface area contributed by atoms with Crippen molar-refractivity contribution in [3.63, 3.8) is 0 Å². The molecule has 2 N–H and O–H groups in total. The second-order valence-corrected chi connectivity index (χ2v) is 4.94. The van der Waals surface area contributed by atoms with Gasteiger partial charge in [-0.2, -0.15) is 0 Å². The van der Waals surface area contributed by atoms with E-state index in [9.17, 15) is 4.79 Å². The van der Waals surface area contributed by atoms with Crippen LogP contribution in [0.5, 0.6) is 0 Å². The number of fused-ring (bicyclic) bond motifs is 1. The number of H-pyrrole nitrogens is 1. The number of para-hydroxylation sites is 2. The van der Waals surface area contributed by atoms with Crippen LogP contribution in [-0.2, 0) is 4.74 Å². The van der Waals surface area contributed by atoms with E-state index in [0.29, 0.717) is 18.1 Å². The predicted octanol–water partition coefficient (Wildman–Crippen LogP) is 3.87. The first kappa shape index (κ1) is 14.1. The molecule has 112 valence electrons. The Morgan fingerprint density at radius 1 is 1.18 bits per heavy atom. The zero-order chi connectivity index (χ0) is 15.4. The van der Waals surface area contributed by atoms with Crippen molar-refractivity contribution in [2.75, 3.05) is 11.9 Å². The molecule has 0 atom stereocenters. The summed E-state index contributed by atoms with van der Waals surface area (Å²) in [5.41, 5.74) is 3.28. The highest BCUT2D eigenvalue weighted by molar-refractivity contribution is 5.90. The summed E-state index contributed by atoms with van der Waals surface area (Å²) in [6, 6.07) is 15.0. The van der Waals surface area contributed by atoms with Gasteiger partial charge in [0.15, 0.2) is 0 Å². The molecule has 0 spiro atoms. The summed E-state index contributed by atoms with van der Waals surface area (Å²) in [5, 5.41) is 3.18. The number of ether oxygens (including phenoxy) is 1. The lowest BCUT2D eigenvalue weighted by molar-refractivity contribution is 0.0505. The van der Waals surface area contributed by atoms with E-state index in [-0.39, 0.29) is 5.97 Å². The number of aromatic nitrogens is 2. The lowest BCUT2D eigenvalue weighted by Gasteiger charge is -2.05. The lowest BCUT2D eigenvalue weighted by atomic mass is 10.2. The first-order valence-electron chi connectivity index (χ1n) is 7.25. The summed E-state index contributed by atoms with van der Waals surface area (Å²) in [7, 11) is 0. The minimum Gasteiger partial charge on any atom is -0.462 e. The molecule has 0 saturated heterocycles. The van der Waals surface area contributed by atoms with Gasteiger partial charge in [-0.1, -0.05) is 19.1 Å². The largest absolute Gasteiger partial charge is 0.462 e. The van der Waals surface area contributed by atoms with Crippen molar-refractivity contribution in [3.05, 3.63) is 54.1 Å². The third kappa shape index (κ3) is 3.09. The van der Waals surface area contributed by atoms with Crippen molar-refractivity contribution < 1.29 is 9.53 Å². The maximum Gasteiger partial charge on any atom is 0.338 e. The van der Waals surface area contributed by atoms with Gasteiger partial charge in [-0.15, -0.1) is 0 Å². The molecule has 3 aromatic rings. The number of anilines is 2. The van der Waals surface area contributed by atoms with E-state index < -0.39 is 0 Å². The van der Waals surface area contributed by atoms with E-state index in [4.69, 9.17) is 4.74 Å². The molecule has 22 heavy (non-hydrogen) atoms. The van der Waals surface area contributed by atoms with Gasteiger partial charge in [-0.25, -0.2) is 9.78 Å². The molecular weight excluding hydrogens is 278 g/mol. The summed E-state index contributed by atoms with van der Waals surface area (Å²) < 4.78 is 5.10. The molecule has 0 saturated carbocycles. The van der Waals surface area contributed by atoms with Gasteiger partial charge < -0.3 is 15.0 Å². The first-order chi connectivity index (χ1) is 10.8. The van der Waals surface area contributed by atoms with E-state index in [0.717, 1.165) is 23.1 Å². The molecule has 0 bridgehead atoms. The smallest absolute Gasteiger partial charge is 0.338 e. The molecule has 1 aromatic heterocycles. The molecule has 3 rings (SSSR count). The Kier molecular flexibility index (Phi) is 4.05. The summed E-state index contributed by atoms with van der Waals surface area (Å²) in [6.07, 6.45) is 0.817. The van der Waals surface area contributed by atoms with Gasteiger partial charge in [-0.3, -0.25) is 0 Å². The Hall–Kier alpha value is -2.82. The summed E-state index contributed by atoms with van der Waals surface area (Å²) >= 11 is 0. The van der Waals surface area contributed by atoms with E-state index in [1.54, 1.807) is 12.1 Å². The van der Waals surface area contributed by atoms with E-state index in [1.807, 2.05) is 43.3 Å². The minimum absolute atomic E-state index is 0.294. The number of aromatic amines is 1. The van der Waals surface area contributed by atoms with Gasteiger partial charge in [0, 0.05) is 5.69 Å². The molecule has 0 fully saturated rings. The van der Waals surface area contributed by atoms with Crippen LogP contribution in [0.3, 0.4) is 0 Å². The minimum atomic E-state index is -0.294. The molecule has 5 nitrogen and oxygen atoms in total. The Morgan fingerprint density at radius 2 is 1.95 bits per heavy atom. The van der Waals surface area contributed by atoms with Crippen molar-refractivity contribution in [3.8, 4) is 0 Å². The first-order valence-corrected chi connectivity index (χ1v) is 7.25. The number of carbonyl (C=O) groups is 1. The molecule has 0 unspecified atom stereocenters. The average molecular weight is 295 g/mol. The number of carbonyl (C=O) groups excluding carboxylic acids is 1. The average Bonchev–Trinajstić information content (AvgIpc) is 2.95. The lowest BCUT2D eigenvalue weighted by Crippen LogP contribution is -2.05. The van der Waals surface area contributed by atoms with Crippen LogP contribution in [0.1, 0.15) is 23.7 Å². The number of benzene rings is 2. The third-order valence-electron chi connectivity index (χ3n) is 3.21. The van der Waals surface area contributed by atoms with Crippen LogP contribution in [-0.4, -0.2) is 22.5 Å². The van der Waals surface area contributed by atoms with Crippen LogP contribution in [0.25, 0.3) is 11.0 Å². The van der Waals surface area contributed by atoms with E-state index in [1.165, 1.54) is 0 Å². The molecule has 2 aromatic carbocycles. The Morgan fingerprint density at radius 3 is 2.68 bits per heavy atom. The second-order valence-electron chi connectivity index (χ2n) is 4.94. The van der Waals surface area contributed by atoms with Crippen LogP contribution >= 0.6 is 0 Å². The Labute approximate surface area is 128 Å². The number of hydrogen-bond donors (Lipinski definition) is 2. The van der Waals surface area contributed by atoms with Crippen molar-refractivity contribution in [1.82, 2.24) is 9.97 Å². The zero-order valence-corrected chi connectivity index (χ0v) is 12.3. The molecule has 5 heteroatoms. The van der Waals surface area contributed by atoms with Crippen LogP contribution in [0, 0.1) is 0 Å². The number of nitrogens with one attached hydrogen (secondary N) is 2. The van der Waals surface area contributed by atoms with Gasteiger partial charge in [-0.05, 0) is 42.8 Å². The van der Waals surface area contributed by atoms with Crippen molar-refractivity contribution in [2.24, 2.45) is 0 Å². The highest BCUT2D eigenvalue weighted by Gasteiger charge is 2.07. The van der Waals surface area contributed by atoms with Crippen molar-refractivity contribution >= 4 is 28.6 Å². The van der Waals surface area contributed by atoms with Crippen molar-refractivity contribution in [1.29, 1.82) is 0 Å². The van der Waals surface area contributed by atoms with Gasteiger partial charge in [0.2, 0.25) is 5.95 Å². The molecule has 0 radical (unpaired) electrons. The van der Waals surface area contributed by atoms with E-state index in [2.05, 4.69) is 15.3 Å². The highest BCUT2D eigenvalue weighted by Crippen LogP contribution is 2.18. The van der Waals surface area contributed by atoms with Crippen molar-refractivity contribution in [2.45, 2.75) is 13.3 Å². The fraction of sp³-hybridized carbons (Fsp3) is 0.176. The molecule has 0 aliphatic carbocycles. The number of hydrogen-bond acceptors (Lipinski definition) is 4. The van der Waals surface area contributed by atoms with Crippen LogP contribution in [0.4, 0.5) is 11.6 Å². The predicted molar refractivity (Wildman–Crippen MR) is 86.4 cm³/mol. The molecule has 1 heterocycles. The SMILES string of the molecule is CCCOC(=O)c1ccc(Nc2nc3ccccc3[nH]2)cc1. The van der Waals surface area contributed by atoms with Gasteiger partial charge in [0.1, 0.15) is 0 Å². The second kappa shape index (κ2) is 6.30. The maximum absolute atomic E-state index is 11.7. The molecule has 0 amide bonds.